The monoisotopic (exact) mass is 448 g/mol. The first-order valence-corrected chi connectivity index (χ1v) is 8.62. The maximum absolute atomic E-state index is 5.92. The second kappa shape index (κ2) is 9.57. The van der Waals surface area contributed by atoms with Crippen molar-refractivity contribution in [1.29, 1.82) is 0 Å². The van der Waals surface area contributed by atoms with Gasteiger partial charge in [0.1, 0.15) is 6.10 Å². The van der Waals surface area contributed by atoms with E-state index in [0.717, 1.165) is 50.9 Å². The molecule has 1 aromatic rings. The number of nitrogens with zero attached hydrogens (tertiary/aromatic N) is 5. The average molecular weight is 448 g/mol. The highest BCUT2D eigenvalue weighted by Gasteiger charge is 2.25. The van der Waals surface area contributed by atoms with E-state index >= 15 is 0 Å². The molecule has 0 radical (unpaired) electrons. The average Bonchev–Trinajstić information content (AvgIpc) is 2.95. The molecule has 2 fully saturated rings. The SMILES string of the molecule is CCNC(=NCCN1CCC1)N1CCOC(c2cnn(C)c2)C1.I. The van der Waals surface area contributed by atoms with Crippen LogP contribution in [0.15, 0.2) is 17.4 Å². The lowest BCUT2D eigenvalue weighted by Crippen LogP contribution is -2.48. The van der Waals surface area contributed by atoms with Crippen LogP contribution in [0, 0.1) is 0 Å². The van der Waals surface area contributed by atoms with Gasteiger partial charge in [0.25, 0.3) is 0 Å². The van der Waals surface area contributed by atoms with Crippen molar-refractivity contribution >= 4 is 29.9 Å². The van der Waals surface area contributed by atoms with E-state index in [0.29, 0.717) is 0 Å². The highest BCUT2D eigenvalue weighted by Crippen LogP contribution is 2.21. The minimum Gasteiger partial charge on any atom is -0.370 e. The lowest BCUT2D eigenvalue weighted by Gasteiger charge is -2.35. The summed E-state index contributed by atoms with van der Waals surface area (Å²) in [7, 11) is 1.94. The fraction of sp³-hybridized carbons (Fsp3) is 0.750. The van der Waals surface area contributed by atoms with E-state index in [9.17, 15) is 0 Å². The largest absolute Gasteiger partial charge is 0.370 e. The van der Waals surface area contributed by atoms with Crippen LogP contribution in [-0.4, -0.2) is 78.0 Å². The second-order valence-electron chi connectivity index (χ2n) is 6.18. The molecule has 2 aliphatic rings. The summed E-state index contributed by atoms with van der Waals surface area (Å²) in [6, 6.07) is 0. The van der Waals surface area contributed by atoms with Gasteiger partial charge in [-0.15, -0.1) is 24.0 Å². The Kier molecular flexibility index (Phi) is 7.76. The molecular weight excluding hydrogens is 419 g/mol. The van der Waals surface area contributed by atoms with Gasteiger partial charge in [0.15, 0.2) is 5.96 Å². The molecule has 2 aliphatic heterocycles. The maximum atomic E-state index is 5.92. The Morgan fingerprint density at radius 1 is 1.42 bits per heavy atom. The number of nitrogens with one attached hydrogen (secondary N) is 1. The highest BCUT2D eigenvalue weighted by molar-refractivity contribution is 14.0. The molecule has 7 nitrogen and oxygen atoms in total. The number of rotatable bonds is 5. The zero-order valence-electron chi connectivity index (χ0n) is 14.6. The van der Waals surface area contributed by atoms with Crippen molar-refractivity contribution in [2.24, 2.45) is 12.0 Å². The van der Waals surface area contributed by atoms with Gasteiger partial charge in [0.2, 0.25) is 0 Å². The van der Waals surface area contributed by atoms with Gasteiger partial charge in [0.05, 0.1) is 25.9 Å². The van der Waals surface area contributed by atoms with Gasteiger partial charge < -0.3 is 19.9 Å². The standard InChI is InChI=1S/C16H28N6O.HI/c1-3-17-16(18-5-8-21-6-4-7-21)22-9-10-23-15(13-22)14-11-19-20(2)12-14;/h11-12,15H,3-10,13H2,1-2H3,(H,17,18);1H. The van der Waals surface area contributed by atoms with Crippen LogP contribution in [0.5, 0.6) is 0 Å². The van der Waals surface area contributed by atoms with E-state index in [4.69, 9.17) is 9.73 Å². The molecule has 2 saturated heterocycles. The molecule has 0 spiro atoms. The Balaban J connectivity index is 0.00000208. The summed E-state index contributed by atoms with van der Waals surface area (Å²) >= 11 is 0. The number of hydrogen-bond acceptors (Lipinski definition) is 4. The number of aliphatic imine (C=N–C) groups is 1. The molecule has 3 rings (SSSR count). The van der Waals surface area contributed by atoms with Gasteiger partial charge in [-0.05, 0) is 26.4 Å². The Morgan fingerprint density at radius 3 is 2.88 bits per heavy atom. The van der Waals surface area contributed by atoms with Gasteiger partial charge in [-0.3, -0.25) is 9.67 Å². The van der Waals surface area contributed by atoms with Gasteiger partial charge in [-0.1, -0.05) is 0 Å². The van der Waals surface area contributed by atoms with Crippen molar-refractivity contribution in [2.45, 2.75) is 19.4 Å². The molecular formula is C16H29IN6O. The van der Waals surface area contributed by atoms with Crippen LogP contribution in [0.1, 0.15) is 25.0 Å². The zero-order chi connectivity index (χ0) is 16.1. The lowest BCUT2D eigenvalue weighted by atomic mass is 10.1. The quantitative estimate of drug-likeness (QED) is 0.415. The van der Waals surface area contributed by atoms with Crippen LogP contribution < -0.4 is 5.32 Å². The van der Waals surface area contributed by atoms with Crippen LogP contribution >= 0.6 is 24.0 Å². The van der Waals surface area contributed by atoms with Gasteiger partial charge >= 0.3 is 0 Å². The minimum atomic E-state index is 0. The molecule has 0 aliphatic carbocycles. The summed E-state index contributed by atoms with van der Waals surface area (Å²) in [6.07, 6.45) is 5.32. The van der Waals surface area contributed by atoms with E-state index in [-0.39, 0.29) is 30.1 Å². The van der Waals surface area contributed by atoms with Crippen molar-refractivity contribution in [3.05, 3.63) is 18.0 Å². The van der Waals surface area contributed by atoms with E-state index in [1.54, 1.807) is 0 Å². The smallest absolute Gasteiger partial charge is 0.194 e. The molecule has 3 heterocycles. The lowest BCUT2D eigenvalue weighted by molar-refractivity contribution is -0.00806. The van der Waals surface area contributed by atoms with Crippen molar-refractivity contribution in [1.82, 2.24) is 24.9 Å². The Labute approximate surface area is 161 Å². The van der Waals surface area contributed by atoms with Crippen LogP contribution in [0.25, 0.3) is 0 Å². The fourth-order valence-electron chi connectivity index (χ4n) is 2.98. The number of morpholine rings is 1. The van der Waals surface area contributed by atoms with Gasteiger partial charge in [-0.2, -0.15) is 5.10 Å². The van der Waals surface area contributed by atoms with Crippen molar-refractivity contribution in [3.63, 3.8) is 0 Å². The fourth-order valence-corrected chi connectivity index (χ4v) is 2.98. The maximum Gasteiger partial charge on any atom is 0.194 e. The molecule has 0 aromatic carbocycles. The number of halogens is 1. The molecule has 136 valence electrons. The zero-order valence-corrected chi connectivity index (χ0v) is 17.0. The third-order valence-corrected chi connectivity index (χ3v) is 4.42. The molecule has 0 amide bonds. The summed E-state index contributed by atoms with van der Waals surface area (Å²) in [5.74, 6) is 1.00. The molecule has 1 N–H and O–H groups in total. The van der Waals surface area contributed by atoms with Crippen molar-refractivity contribution < 1.29 is 4.74 Å². The van der Waals surface area contributed by atoms with Gasteiger partial charge in [-0.25, -0.2) is 0 Å². The third kappa shape index (κ3) is 5.06. The predicted octanol–water partition coefficient (Wildman–Crippen LogP) is 1.08. The summed E-state index contributed by atoms with van der Waals surface area (Å²) in [4.78, 5) is 9.56. The molecule has 0 saturated carbocycles. The predicted molar refractivity (Wildman–Crippen MR) is 106 cm³/mol. The molecule has 1 atom stereocenters. The molecule has 1 aromatic heterocycles. The Bertz CT molecular complexity index is 530. The first-order valence-electron chi connectivity index (χ1n) is 8.62. The van der Waals surface area contributed by atoms with E-state index < -0.39 is 0 Å². The number of likely N-dealkylation sites (tertiary alicyclic amines) is 1. The van der Waals surface area contributed by atoms with Crippen LogP contribution in [0.2, 0.25) is 0 Å². The van der Waals surface area contributed by atoms with Crippen LogP contribution in [0.4, 0.5) is 0 Å². The Hall–Kier alpha value is -0.870. The van der Waals surface area contributed by atoms with Crippen molar-refractivity contribution in [3.8, 4) is 0 Å². The van der Waals surface area contributed by atoms with Crippen LogP contribution in [-0.2, 0) is 11.8 Å². The summed E-state index contributed by atoms with van der Waals surface area (Å²) in [5, 5.41) is 7.67. The molecule has 8 heteroatoms. The van der Waals surface area contributed by atoms with E-state index in [1.165, 1.54) is 19.5 Å². The number of hydrogen-bond donors (Lipinski definition) is 1. The number of aryl methyl sites for hydroxylation is 1. The van der Waals surface area contributed by atoms with E-state index in [1.807, 2.05) is 24.1 Å². The highest BCUT2D eigenvalue weighted by atomic mass is 127. The third-order valence-electron chi connectivity index (χ3n) is 4.42. The number of guanidine groups is 1. The number of ether oxygens (including phenoxy) is 1. The second-order valence-corrected chi connectivity index (χ2v) is 6.18. The normalized spacial score (nSPS) is 22.0. The molecule has 1 unspecified atom stereocenters. The van der Waals surface area contributed by atoms with Gasteiger partial charge in [0, 0.05) is 38.4 Å². The first kappa shape index (κ1) is 19.5. The minimum absolute atomic E-state index is 0. The van der Waals surface area contributed by atoms with Crippen LogP contribution in [0.3, 0.4) is 0 Å². The summed E-state index contributed by atoms with van der Waals surface area (Å²) < 4.78 is 7.74. The van der Waals surface area contributed by atoms with Crippen molar-refractivity contribution in [2.75, 3.05) is 52.4 Å². The van der Waals surface area contributed by atoms with E-state index in [2.05, 4.69) is 27.1 Å². The first-order chi connectivity index (χ1) is 11.3. The number of aromatic nitrogens is 2. The summed E-state index contributed by atoms with van der Waals surface area (Å²) in [6.45, 7) is 9.80. The molecule has 0 bridgehead atoms. The topological polar surface area (TPSA) is 57.9 Å². The summed E-state index contributed by atoms with van der Waals surface area (Å²) in [5.41, 5.74) is 1.13. The molecule has 24 heavy (non-hydrogen) atoms. The Morgan fingerprint density at radius 2 is 2.25 bits per heavy atom.